The summed E-state index contributed by atoms with van der Waals surface area (Å²) in [5.41, 5.74) is 3.11. The number of anilines is 1. The highest BCUT2D eigenvalue weighted by Crippen LogP contribution is 2.38. The summed E-state index contributed by atoms with van der Waals surface area (Å²) >= 11 is 8.24. The molecule has 2 aromatic heterocycles. The minimum Gasteiger partial charge on any atom is -0.371 e. The molecular formula is C24H24ClN3OS. The van der Waals surface area contributed by atoms with E-state index in [-0.39, 0.29) is 0 Å². The summed E-state index contributed by atoms with van der Waals surface area (Å²) in [7, 11) is 0. The molecule has 1 aliphatic heterocycles. The lowest BCUT2D eigenvalue weighted by Gasteiger charge is -2.37. The van der Waals surface area contributed by atoms with Gasteiger partial charge in [0.1, 0.15) is 0 Å². The third kappa shape index (κ3) is 3.79. The van der Waals surface area contributed by atoms with E-state index in [1.807, 2.05) is 35.8 Å². The largest absolute Gasteiger partial charge is 0.371 e. The van der Waals surface area contributed by atoms with Gasteiger partial charge in [0, 0.05) is 66.7 Å². The molecule has 0 aliphatic carbocycles. The van der Waals surface area contributed by atoms with Crippen LogP contribution >= 0.6 is 22.9 Å². The van der Waals surface area contributed by atoms with Gasteiger partial charge in [-0.3, -0.25) is 9.88 Å². The molecule has 0 radical (unpaired) electrons. The number of aliphatic hydroxyl groups is 1. The zero-order chi connectivity index (χ0) is 20.6. The van der Waals surface area contributed by atoms with Crippen LogP contribution in [0.15, 0.2) is 66.2 Å². The smallest absolute Gasteiger partial charge is 0.166 e. The molecule has 154 valence electrons. The molecule has 6 heteroatoms. The number of hydrogen-bond donors (Lipinski definition) is 1. The number of rotatable bonds is 5. The van der Waals surface area contributed by atoms with Crippen molar-refractivity contribution in [1.29, 1.82) is 0 Å². The maximum Gasteiger partial charge on any atom is 0.166 e. The predicted molar refractivity (Wildman–Crippen MR) is 127 cm³/mol. The van der Waals surface area contributed by atoms with E-state index in [1.165, 1.54) is 11.1 Å². The molecule has 0 spiro atoms. The van der Waals surface area contributed by atoms with Crippen LogP contribution in [-0.2, 0) is 5.06 Å². The van der Waals surface area contributed by atoms with Gasteiger partial charge in [0.2, 0.25) is 0 Å². The van der Waals surface area contributed by atoms with Gasteiger partial charge in [-0.15, -0.1) is 11.3 Å². The number of thiophene rings is 1. The van der Waals surface area contributed by atoms with E-state index < -0.39 is 5.06 Å². The Bertz CT molecular complexity index is 1160. The van der Waals surface area contributed by atoms with E-state index in [0.717, 1.165) is 53.9 Å². The Morgan fingerprint density at radius 1 is 0.967 bits per heavy atom. The molecule has 0 saturated carbocycles. The third-order valence-electron chi connectivity index (χ3n) is 5.99. The van der Waals surface area contributed by atoms with Crippen molar-refractivity contribution in [3.8, 4) is 0 Å². The molecule has 4 nitrogen and oxygen atoms in total. The predicted octanol–water partition coefficient (Wildman–Crippen LogP) is 5.05. The molecule has 1 atom stereocenters. The summed E-state index contributed by atoms with van der Waals surface area (Å²) in [6.45, 7) is 4.59. The number of pyridine rings is 1. The number of hydrogen-bond acceptors (Lipinski definition) is 5. The van der Waals surface area contributed by atoms with Gasteiger partial charge >= 0.3 is 0 Å². The van der Waals surface area contributed by atoms with Gasteiger partial charge in [-0.05, 0) is 29.0 Å². The Labute approximate surface area is 185 Å². The lowest BCUT2D eigenvalue weighted by atomic mass is 10.0. The number of piperazine rings is 1. The van der Waals surface area contributed by atoms with E-state index in [2.05, 4.69) is 45.1 Å². The third-order valence-corrected chi connectivity index (χ3v) is 7.35. The monoisotopic (exact) mass is 437 g/mol. The van der Waals surface area contributed by atoms with Crippen LogP contribution in [0.3, 0.4) is 0 Å². The maximum atomic E-state index is 11.0. The Hall–Kier alpha value is -2.18. The van der Waals surface area contributed by atoms with Crippen LogP contribution in [0, 0.1) is 0 Å². The molecular weight excluding hydrogens is 414 g/mol. The zero-order valence-electron chi connectivity index (χ0n) is 16.7. The first kappa shape index (κ1) is 19.8. The summed E-state index contributed by atoms with van der Waals surface area (Å²) in [6, 6.07) is 18.5. The molecule has 30 heavy (non-hydrogen) atoms. The Morgan fingerprint density at radius 2 is 1.70 bits per heavy atom. The highest BCUT2D eigenvalue weighted by molar-refractivity contribution is 7.17. The molecule has 1 unspecified atom stereocenters. The highest BCUT2D eigenvalue weighted by atomic mass is 35.5. The topological polar surface area (TPSA) is 39.6 Å². The van der Waals surface area contributed by atoms with E-state index in [9.17, 15) is 5.11 Å². The molecule has 2 aromatic carbocycles. The van der Waals surface area contributed by atoms with E-state index in [1.54, 1.807) is 11.3 Å². The summed E-state index contributed by atoms with van der Waals surface area (Å²) in [6.07, 6.45) is 2.40. The Balaban J connectivity index is 1.23. The van der Waals surface area contributed by atoms with Gasteiger partial charge < -0.3 is 10.0 Å². The number of nitrogens with zero attached hydrogens (tertiary/aromatic N) is 3. The van der Waals surface area contributed by atoms with Crippen LogP contribution in [-0.4, -0.2) is 47.7 Å². The highest BCUT2D eigenvalue weighted by Gasteiger charge is 2.30. The van der Waals surface area contributed by atoms with E-state index in [0.29, 0.717) is 6.42 Å². The first-order valence-corrected chi connectivity index (χ1v) is 11.6. The van der Waals surface area contributed by atoms with Crippen LogP contribution in [0.1, 0.15) is 12.0 Å². The summed E-state index contributed by atoms with van der Waals surface area (Å²) in [4.78, 5) is 9.30. The van der Waals surface area contributed by atoms with Crippen LogP contribution in [0.4, 0.5) is 5.69 Å². The van der Waals surface area contributed by atoms with Gasteiger partial charge in [-0.2, -0.15) is 0 Å². The lowest BCUT2D eigenvalue weighted by molar-refractivity contribution is 0.0999. The first-order chi connectivity index (χ1) is 14.6. The molecule has 0 bridgehead atoms. The number of aromatic nitrogens is 1. The first-order valence-electron chi connectivity index (χ1n) is 10.3. The van der Waals surface area contributed by atoms with Crippen molar-refractivity contribution in [3.63, 3.8) is 0 Å². The van der Waals surface area contributed by atoms with Crippen LogP contribution in [0.5, 0.6) is 0 Å². The fourth-order valence-corrected chi connectivity index (χ4v) is 5.62. The molecule has 1 aliphatic rings. The maximum absolute atomic E-state index is 11.0. The summed E-state index contributed by atoms with van der Waals surface area (Å²) in [5, 5.41) is 13.9. The van der Waals surface area contributed by atoms with E-state index >= 15 is 0 Å². The minimum absolute atomic E-state index is 0.507. The van der Waals surface area contributed by atoms with Gasteiger partial charge in [-0.1, -0.05) is 48.0 Å². The Morgan fingerprint density at radius 3 is 2.53 bits per heavy atom. The van der Waals surface area contributed by atoms with Gasteiger partial charge in [0.05, 0.1) is 5.52 Å². The molecule has 4 aromatic rings. The van der Waals surface area contributed by atoms with Crippen LogP contribution in [0.25, 0.3) is 21.0 Å². The average Bonchev–Trinajstić information content (AvgIpc) is 3.23. The minimum atomic E-state index is -1.34. The number of fused-ring (bicyclic) bond motifs is 2. The fourth-order valence-electron chi connectivity index (χ4n) is 4.28. The van der Waals surface area contributed by atoms with Crippen LogP contribution in [0.2, 0.25) is 0 Å². The van der Waals surface area contributed by atoms with Crippen molar-refractivity contribution >= 4 is 49.6 Å². The second-order valence-corrected chi connectivity index (χ2v) is 9.37. The molecule has 1 fully saturated rings. The van der Waals surface area contributed by atoms with Crippen LogP contribution < -0.4 is 4.90 Å². The average molecular weight is 438 g/mol. The lowest BCUT2D eigenvalue weighted by Crippen LogP contribution is -2.47. The number of halogens is 1. The Kier molecular flexibility index (Phi) is 5.37. The molecule has 1 saturated heterocycles. The summed E-state index contributed by atoms with van der Waals surface area (Å²) in [5.74, 6) is 0. The van der Waals surface area contributed by atoms with Gasteiger partial charge in [0.15, 0.2) is 5.06 Å². The standard InChI is InChI=1S/C24H24ClN3OS/c25-24(29,20-17-30-23-8-4-2-5-18(20)23)10-12-27-13-15-28(16-14-27)22-9-11-26-21-7-3-1-6-19(21)22/h1-9,11,17,29H,10,12-16H2. The van der Waals surface area contributed by atoms with Crippen molar-refractivity contribution in [2.45, 2.75) is 11.5 Å². The fraction of sp³-hybridized carbons (Fsp3) is 0.292. The summed E-state index contributed by atoms with van der Waals surface area (Å²) < 4.78 is 1.16. The van der Waals surface area contributed by atoms with Gasteiger partial charge in [0.25, 0.3) is 0 Å². The zero-order valence-corrected chi connectivity index (χ0v) is 18.2. The molecule has 5 rings (SSSR count). The number of alkyl halides is 1. The van der Waals surface area contributed by atoms with Crippen molar-refractivity contribution < 1.29 is 5.11 Å². The molecule has 1 N–H and O–H groups in total. The van der Waals surface area contributed by atoms with Crippen molar-refractivity contribution in [1.82, 2.24) is 9.88 Å². The second kappa shape index (κ2) is 8.16. The molecule has 0 amide bonds. The van der Waals surface area contributed by atoms with E-state index in [4.69, 9.17) is 11.6 Å². The van der Waals surface area contributed by atoms with Crippen molar-refractivity contribution in [3.05, 3.63) is 71.7 Å². The van der Waals surface area contributed by atoms with Crippen molar-refractivity contribution in [2.24, 2.45) is 0 Å². The molecule has 3 heterocycles. The van der Waals surface area contributed by atoms with Gasteiger partial charge in [-0.25, -0.2) is 0 Å². The van der Waals surface area contributed by atoms with Crippen molar-refractivity contribution in [2.75, 3.05) is 37.6 Å². The number of para-hydroxylation sites is 1. The second-order valence-electron chi connectivity index (χ2n) is 7.83. The normalized spacial score (nSPS) is 17.5. The quantitative estimate of drug-likeness (QED) is 0.444. The SMILES string of the molecule is OC(Cl)(CCN1CCN(c2ccnc3ccccc23)CC1)c1csc2ccccc12. The number of benzene rings is 2.